The Morgan fingerprint density at radius 1 is 1.00 bits per heavy atom. The molecule has 0 radical (unpaired) electrons. The highest BCUT2D eigenvalue weighted by Gasteiger charge is 2.44. The summed E-state index contributed by atoms with van der Waals surface area (Å²) in [7, 11) is -2.89. The van der Waals surface area contributed by atoms with Crippen LogP contribution in [-0.2, 0) is 22.3 Å². The van der Waals surface area contributed by atoms with Gasteiger partial charge in [0.25, 0.3) is 0 Å². The number of fused-ring (bicyclic) bond motifs is 1. The van der Waals surface area contributed by atoms with Crippen molar-refractivity contribution < 1.29 is 9.16 Å². The average Bonchev–Trinajstić information content (AvgIpc) is 3.11. The molecule has 0 atom stereocenters. The number of hydrogen-bond donors (Lipinski definition) is 0. The van der Waals surface area contributed by atoms with Gasteiger partial charge in [-0.15, -0.1) is 0 Å². The molecule has 0 aliphatic heterocycles. The molecular formula is C26H46BrClN2O2Si2. The van der Waals surface area contributed by atoms with Crippen LogP contribution < -0.4 is 0 Å². The van der Waals surface area contributed by atoms with E-state index in [0.717, 1.165) is 64.5 Å². The maximum absolute atomic E-state index is 6.74. The van der Waals surface area contributed by atoms with Gasteiger partial charge in [-0.25, -0.2) is 4.68 Å². The lowest BCUT2D eigenvalue weighted by Gasteiger charge is -2.42. The van der Waals surface area contributed by atoms with Gasteiger partial charge in [-0.05, 0) is 69.5 Å². The summed E-state index contributed by atoms with van der Waals surface area (Å²) in [4.78, 5) is 0. The molecule has 0 aliphatic rings. The highest BCUT2D eigenvalue weighted by Crippen LogP contribution is 2.42. The summed E-state index contributed by atoms with van der Waals surface area (Å²) >= 11 is 10.6. The van der Waals surface area contributed by atoms with Gasteiger partial charge < -0.3 is 9.16 Å². The lowest BCUT2D eigenvalue weighted by molar-refractivity contribution is 0.0817. The van der Waals surface area contributed by atoms with Gasteiger partial charge in [-0.2, -0.15) is 5.10 Å². The number of unbranched alkanes of at least 4 members (excludes halogenated alkanes) is 1. The second-order valence-electron chi connectivity index (χ2n) is 11.7. The molecule has 0 spiro atoms. The van der Waals surface area contributed by atoms with Crippen LogP contribution in [0.3, 0.4) is 0 Å². The van der Waals surface area contributed by atoms with Gasteiger partial charge in [0, 0.05) is 36.2 Å². The van der Waals surface area contributed by atoms with Crippen molar-refractivity contribution >= 4 is 54.8 Å². The lowest BCUT2D eigenvalue weighted by atomic mass is 10.1. The molecule has 2 rings (SSSR count). The van der Waals surface area contributed by atoms with Crippen molar-refractivity contribution in [3.63, 3.8) is 0 Å². The summed E-state index contributed by atoms with van der Waals surface area (Å²) < 4.78 is 15.6. The standard InChI is InChI=1S/C26H46BrClN2O2Si2/c1-19(2)34(20(3)4,21(5)6)32-13-11-10-12-22-24(28)16-25-23(26(22)27)17-29-30(25)18-31-14-15-33(7,8)9/h16-17,19-21H,10-15,18H2,1-9H3. The molecule has 0 saturated heterocycles. The fraction of sp³-hybridized carbons (Fsp3) is 0.731. The number of halogens is 2. The highest BCUT2D eigenvalue weighted by atomic mass is 79.9. The number of benzene rings is 1. The van der Waals surface area contributed by atoms with Crippen LogP contribution in [0.5, 0.6) is 0 Å². The summed E-state index contributed by atoms with van der Waals surface area (Å²) in [5.74, 6) is 0. The fourth-order valence-corrected chi connectivity index (χ4v) is 12.6. The number of aromatic nitrogens is 2. The van der Waals surface area contributed by atoms with Gasteiger partial charge in [0.15, 0.2) is 8.32 Å². The van der Waals surface area contributed by atoms with Crippen molar-refractivity contribution in [2.45, 2.75) is 110 Å². The Labute approximate surface area is 223 Å². The first-order valence-corrected chi connectivity index (χ1v) is 19.9. The molecule has 0 bridgehead atoms. The zero-order chi connectivity index (χ0) is 25.7. The Morgan fingerprint density at radius 3 is 2.18 bits per heavy atom. The van der Waals surface area contributed by atoms with Gasteiger partial charge in [0.1, 0.15) is 6.73 Å². The topological polar surface area (TPSA) is 36.3 Å². The number of nitrogens with zero attached hydrogens (tertiary/aromatic N) is 2. The number of ether oxygens (including phenoxy) is 1. The van der Waals surface area contributed by atoms with Crippen LogP contribution in [0.25, 0.3) is 10.9 Å². The maximum Gasteiger partial charge on any atom is 0.200 e. The predicted octanol–water partition coefficient (Wildman–Crippen LogP) is 9.28. The Bertz CT molecular complexity index is 904. The Morgan fingerprint density at radius 2 is 1.62 bits per heavy atom. The van der Waals surface area contributed by atoms with Crippen molar-refractivity contribution in [1.29, 1.82) is 0 Å². The molecular weight excluding hydrogens is 544 g/mol. The molecule has 0 fully saturated rings. The molecule has 2 aromatic rings. The first kappa shape index (κ1) is 30.0. The first-order valence-electron chi connectivity index (χ1n) is 12.8. The molecule has 0 saturated carbocycles. The van der Waals surface area contributed by atoms with Crippen LogP contribution in [0.15, 0.2) is 16.7 Å². The Kier molecular flexibility index (Phi) is 11.4. The second kappa shape index (κ2) is 12.9. The monoisotopic (exact) mass is 588 g/mol. The fourth-order valence-electron chi connectivity index (χ4n) is 5.20. The van der Waals surface area contributed by atoms with Gasteiger partial charge in [0.05, 0.1) is 11.7 Å². The third-order valence-corrected chi connectivity index (χ3v) is 16.1. The van der Waals surface area contributed by atoms with Crippen molar-refractivity contribution in [3.8, 4) is 0 Å². The van der Waals surface area contributed by atoms with Gasteiger partial charge >= 0.3 is 0 Å². The van der Waals surface area contributed by atoms with Crippen LogP contribution in [0.1, 0.15) is 59.9 Å². The van der Waals surface area contributed by atoms with Crippen molar-refractivity contribution in [2.75, 3.05) is 13.2 Å². The molecule has 0 N–H and O–H groups in total. The van der Waals surface area contributed by atoms with E-state index in [1.807, 2.05) is 16.9 Å². The minimum absolute atomic E-state index is 0.459. The third-order valence-electron chi connectivity index (χ3n) is 7.02. The summed E-state index contributed by atoms with van der Waals surface area (Å²) in [5.41, 5.74) is 4.03. The average molecular weight is 590 g/mol. The SMILES string of the molecule is CC(C)[Si](OCCCCc1c(Cl)cc2c(cnn2COCC[Si](C)(C)C)c1Br)(C(C)C)C(C)C. The molecule has 0 aliphatic carbocycles. The number of rotatable bonds is 14. The summed E-state index contributed by atoms with van der Waals surface area (Å²) in [5, 5.41) is 6.44. The van der Waals surface area contributed by atoms with E-state index in [4.69, 9.17) is 20.8 Å². The van der Waals surface area contributed by atoms with Crippen LogP contribution in [0.4, 0.5) is 0 Å². The summed E-state index contributed by atoms with van der Waals surface area (Å²) in [6, 6.07) is 3.19. The van der Waals surface area contributed by atoms with E-state index in [1.54, 1.807) is 0 Å². The van der Waals surface area contributed by atoms with Gasteiger partial charge in [-0.3, -0.25) is 0 Å². The zero-order valence-corrected chi connectivity index (χ0v) is 27.1. The number of hydrogen-bond acceptors (Lipinski definition) is 3. The van der Waals surface area contributed by atoms with Crippen LogP contribution in [0, 0.1) is 0 Å². The van der Waals surface area contributed by atoms with Crippen molar-refractivity contribution in [3.05, 3.63) is 27.3 Å². The Balaban J connectivity index is 1.99. The van der Waals surface area contributed by atoms with Crippen molar-refractivity contribution in [2.24, 2.45) is 0 Å². The highest BCUT2D eigenvalue weighted by molar-refractivity contribution is 9.10. The van der Waals surface area contributed by atoms with E-state index >= 15 is 0 Å². The largest absolute Gasteiger partial charge is 0.416 e. The van der Waals surface area contributed by atoms with E-state index in [-0.39, 0.29) is 0 Å². The minimum Gasteiger partial charge on any atom is -0.416 e. The molecule has 34 heavy (non-hydrogen) atoms. The van der Waals surface area contributed by atoms with E-state index in [9.17, 15) is 0 Å². The lowest BCUT2D eigenvalue weighted by Crippen LogP contribution is -2.47. The predicted molar refractivity (Wildman–Crippen MR) is 156 cm³/mol. The molecule has 0 amide bonds. The van der Waals surface area contributed by atoms with Crippen LogP contribution in [0.2, 0.25) is 47.3 Å². The van der Waals surface area contributed by atoms with Crippen LogP contribution >= 0.6 is 27.5 Å². The molecule has 4 nitrogen and oxygen atoms in total. The van der Waals surface area contributed by atoms with Crippen molar-refractivity contribution in [1.82, 2.24) is 9.78 Å². The third kappa shape index (κ3) is 7.42. The van der Waals surface area contributed by atoms with Crippen LogP contribution in [-0.4, -0.2) is 39.4 Å². The summed E-state index contributed by atoms with van der Waals surface area (Å²) in [6.07, 6.45) is 4.94. The molecule has 0 unspecified atom stereocenters. The van der Waals surface area contributed by atoms with Gasteiger partial charge in [0.2, 0.25) is 0 Å². The zero-order valence-electron chi connectivity index (χ0n) is 22.8. The molecule has 8 heteroatoms. The van der Waals surface area contributed by atoms with E-state index in [0.29, 0.717) is 23.4 Å². The van der Waals surface area contributed by atoms with E-state index < -0.39 is 16.4 Å². The Hall–Kier alpha value is -0.186. The van der Waals surface area contributed by atoms with E-state index in [1.165, 1.54) is 0 Å². The van der Waals surface area contributed by atoms with Gasteiger partial charge in [-0.1, -0.05) is 72.8 Å². The molecule has 1 aromatic heterocycles. The molecule has 1 heterocycles. The normalized spacial score (nSPS) is 13.2. The minimum atomic E-state index is -1.79. The quantitative estimate of drug-likeness (QED) is 0.163. The maximum atomic E-state index is 6.74. The smallest absolute Gasteiger partial charge is 0.200 e. The summed E-state index contributed by atoms with van der Waals surface area (Å²) in [6.45, 7) is 23.2. The van der Waals surface area contributed by atoms with E-state index in [2.05, 4.69) is 82.2 Å². The second-order valence-corrected chi connectivity index (χ2v) is 24.0. The molecule has 1 aromatic carbocycles. The molecule has 194 valence electrons. The first-order chi connectivity index (χ1) is 15.8.